The third-order valence-electron chi connectivity index (χ3n) is 2.27. The van der Waals surface area contributed by atoms with Gasteiger partial charge in [0.1, 0.15) is 0 Å². The molecule has 0 amide bonds. The molecule has 1 aromatic carbocycles. The maximum atomic E-state index is 11.5. The molecule has 0 bridgehead atoms. The number of carbonyl (C=O) groups excluding carboxylic acids is 1. The Labute approximate surface area is 102 Å². The van der Waals surface area contributed by atoms with Gasteiger partial charge >= 0.3 is 11.7 Å². The van der Waals surface area contributed by atoms with Crippen molar-refractivity contribution in [2.24, 2.45) is 0 Å². The van der Waals surface area contributed by atoms with Crippen molar-refractivity contribution in [1.29, 1.82) is 0 Å². The lowest BCUT2D eigenvalue weighted by Crippen LogP contribution is -2.18. The summed E-state index contributed by atoms with van der Waals surface area (Å²) in [4.78, 5) is 22.5. The number of aromatic nitrogens is 1. The second kappa shape index (κ2) is 4.63. The van der Waals surface area contributed by atoms with E-state index in [1.807, 2.05) is 0 Å². The lowest BCUT2D eigenvalue weighted by molar-refractivity contribution is -0.147. The Bertz CT molecular complexity index is 613. The lowest BCUT2D eigenvalue weighted by atomic mass is 10.3. The van der Waals surface area contributed by atoms with E-state index in [0.29, 0.717) is 16.1 Å². The molecular formula is C11H10ClNO4. The normalized spacial score (nSPS) is 10.7. The summed E-state index contributed by atoms with van der Waals surface area (Å²) in [6, 6.07) is 4.82. The number of halogens is 1. The average molecular weight is 256 g/mol. The molecule has 0 saturated heterocycles. The van der Waals surface area contributed by atoms with E-state index >= 15 is 0 Å². The average Bonchev–Trinajstić information content (AvgIpc) is 2.61. The molecule has 0 radical (unpaired) electrons. The first-order chi connectivity index (χ1) is 8.11. The predicted molar refractivity (Wildman–Crippen MR) is 61.9 cm³/mol. The number of esters is 1. The monoisotopic (exact) mass is 255 g/mol. The van der Waals surface area contributed by atoms with Gasteiger partial charge in [-0.2, -0.15) is 0 Å². The first-order valence-corrected chi connectivity index (χ1v) is 5.44. The number of nitrogens with zero attached hydrogens (tertiary/aromatic N) is 1. The second-order valence-corrected chi connectivity index (χ2v) is 3.84. The van der Waals surface area contributed by atoms with Crippen LogP contribution in [0, 0.1) is 0 Å². The van der Waals surface area contributed by atoms with E-state index in [-0.39, 0.29) is 19.1 Å². The molecule has 0 unspecified atom stereocenters. The van der Waals surface area contributed by atoms with Gasteiger partial charge in [-0.1, -0.05) is 18.5 Å². The molecule has 90 valence electrons. The fraction of sp³-hybridized carbons (Fsp3) is 0.273. The van der Waals surface area contributed by atoms with Crippen molar-refractivity contribution in [2.45, 2.75) is 20.1 Å². The number of hydrogen-bond acceptors (Lipinski definition) is 4. The summed E-state index contributed by atoms with van der Waals surface area (Å²) in [5.74, 6) is -0.952. The van der Waals surface area contributed by atoms with E-state index in [1.165, 1.54) is 10.6 Å². The van der Waals surface area contributed by atoms with Crippen LogP contribution in [-0.4, -0.2) is 10.5 Å². The Morgan fingerprint density at radius 3 is 3.00 bits per heavy atom. The van der Waals surface area contributed by atoms with Gasteiger partial charge in [0.25, 0.3) is 0 Å². The molecule has 2 aromatic rings. The van der Waals surface area contributed by atoms with Crippen LogP contribution in [0.1, 0.15) is 13.3 Å². The van der Waals surface area contributed by atoms with Gasteiger partial charge in [0.05, 0.1) is 5.52 Å². The molecule has 0 N–H and O–H groups in total. The highest BCUT2D eigenvalue weighted by Crippen LogP contribution is 2.18. The quantitative estimate of drug-likeness (QED) is 0.789. The Kier molecular flexibility index (Phi) is 3.19. The van der Waals surface area contributed by atoms with Crippen molar-refractivity contribution < 1.29 is 13.9 Å². The van der Waals surface area contributed by atoms with Gasteiger partial charge in [0.15, 0.2) is 12.3 Å². The molecule has 1 heterocycles. The van der Waals surface area contributed by atoms with Crippen LogP contribution in [0.4, 0.5) is 0 Å². The molecule has 17 heavy (non-hydrogen) atoms. The summed E-state index contributed by atoms with van der Waals surface area (Å²) in [7, 11) is 0. The molecule has 5 nitrogen and oxygen atoms in total. The van der Waals surface area contributed by atoms with Crippen molar-refractivity contribution in [3.05, 3.63) is 33.8 Å². The molecule has 6 heteroatoms. The molecule has 0 fully saturated rings. The lowest BCUT2D eigenvalue weighted by Gasteiger charge is -2.03. The van der Waals surface area contributed by atoms with E-state index < -0.39 is 5.76 Å². The zero-order valence-electron chi connectivity index (χ0n) is 9.10. The van der Waals surface area contributed by atoms with Gasteiger partial charge in [-0.15, -0.1) is 0 Å². The van der Waals surface area contributed by atoms with Crippen LogP contribution >= 0.6 is 11.6 Å². The van der Waals surface area contributed by atoms with Crippen LogP contribution in [0.3, 0.4) is 0 Å². The van der Waals surface area contributed by atoms with Crippen molar-refractivity contribution in [3.8, 4) is 0 Å². The number of fused-ring (bicyclic) bond motifs is 1. The Morgan fingerprint density at radius 1 is 1.53 bits per heavy atom. The molecule has 0 spiro atoms. The van der Waals surface area contributed by atoms with Crippen LogP contribution in [0.2, 0.25) is 5.02 Å². The van der Waals surface area contributed by atoms with Gasteiger partial charge in [-0.05, 0) is 12.1 Å². The Balaban J connectivity index is 2.36. The fourth-order valence-corrected chi connectivity index (χ4v) is 1.56. The Hall–Kier alpha value is -1.75. The topological polar surface area (TPSA) is 61.4 Å². The van der Waals surface area contributed by atoms with Crippen LogP contribution < -0.4 is 5.76 Å². The van der Waals surface area contributed by atoms with Crippen molar-refractivity contribution in [3.63, 3.8) is 0 Å². The second-order valence-electron chi connectivity index (χ2n) is 3.41. The first kappa shape index (κ1) is 11.7. The largest absolute Gasteiger partial charge is 0.444 e. The molecule has 0 aliphatic heterocycles. The first-order valence-electron chi connectivity index (χ1n) is 5.06. The minimum atomic E-state index is -0.578. The van der Waals surface area contributed by atoms with Crippen LogP contribution in [0.15, 0.2) is 27.4 Å². The van der Waals surface area contributed by atoms with Crippen molar-refractivity contribution in [2.75, 3.05) is 0 Å². The molecule has 1 aromatic heterocycles. The minimum absolute atomic E-state index is 0.153. The predicted octanol–water partition coefficient (Wildman–Crippen LogP) is 2.16. The third kappa shape index (κ3) is 2.34. The summed E-state index contributed by atoms with van der Waals surface area (Å²) >= 11 is 5.77. The van der Waals surface area contributed by atoms with Crippen LogP contribution in [0.5, 0.6) is 0 Å². The smallest absolute Gasteiger partial charge is 0.422 e. The number of oxazole rings is 1. The highest BCUT2D eigenvalue weighted by molar-refractivity contribution is 6.31. The van der Waals surface area contributed by atoms with Gasteiger partial charge in [0, 0.05) is 17.5 Å². The molecule has 0 aliphatic carbocycles. The third-order valence-corrected chi connectivity index (χ3v) is 2.51. The summed E-state index contributed by atoms with van der Waals surface area (Å²) in [5.41, 5.74) is 0.915. The minimum Gasteiger partial charge on any atom is -0.444 e. The number of carbonyl (C=O) groups is 1. The van der Waals surface area contributed by atoms with Gasteiger partial charge in [-0.3, -0.25) is 4.79 Å². The summed E-state index contributed by atoms with van der Waals surface area (Å²) in [6.07, 6.45) is 0.260. The highest BCUT2D eigenvalue weighted by atomic mass is 35.5. The van der Waals surface area contributed by atoms with Gasteiger partial charge < -0.3 is 9.15 Å². The number of hydrogen-bond donors (Lipinski definition) is 0. The van der Waals surface area contributed by atoms with Crippen molar-refractivity contribution >= 4 is 28.7 Å². The summed E-state index contributed by atoms with van der Waals surface area (Å²) < 4.78 is 11.1. The van der Waals surface area contributed by atoms with Gasteiger partial charge in [-0.25, -0.2) is 9.36 Å². The van der Waals surface area contributed by atoms with E-state index in [1.54, 1.807) is 19.1 Å². The summed E-state index contributed by atoms with van der Waals surface area (Å²) in [5, 5.41) is 0.476. The highest BCUT2D eigenvalue weighted by Gasteiger charge is 2.10. The Morgan fingerprint density at radius 2 is 2.29 bits per heavy atom. The van der Waals surface area contributed by atoms with E-state index in [4.69, 9.17) is 20.8 Å². The standard InChI is InChI=1S/C11H10ClNO4/c1-2-10(14)16-6-13-8-4-3-7(12)5-9(8)17-11(13)15/h3-5H,2,6H2,1H3. The number of rotatable bonds is 3. The van der Waals surface area contributed by atoms with Crippen molar-refractivity contribution in [1.82, 2.24) is 4.57 Å². The number of benzene rings is 1. The van der Waals surface area contributed by atoms with Crippen LogP contribution in [0.25, 0.3) is 11.1 Å². The van der Waals surface area contributed by atoms with Gasteiger partial charge in [0.2, 0.25) is 0 Å². The zero-order chi connectivity index (χ0) is 12.4. The fourth-order valence-electron chi connectivity index (χ4n) is 1.40. The maximum absolute atomic E-state index is 11.5. The molecule has 0 atom stereocenters. The summed E-state index contributed by atoms with van der Waals surface area (Å²) in [6.45, 7) is 1.53. The molecule has 0 saturated carbocycles. The zero-order valence-corrected chi connectivity index (χ0v) is 9.86. The van der Waals surface area contributed by atoms with E-state index in [9.17, 15) is 9.59 Å². The van der Waals surface area contributed by atoms with Crippen LogP contribution in [-0.2, 0) is 16.3 Å². The SMILES string of the molecule is CCC(=O)OCn1c(=O)oc2cc(Cl)ccc21. The molecule has 2 rings (SSSR count). The van der Waals surface area contributed by atoms with E-state index in [0.717, 1.165) is 0 Å². The number of ether oxygens (including phenoxy) is 1. The molecule has 0 aliphatic rings. The maximum Gasteiger partial charge on any atom is 0.422 e. The molecular weight excluding hydrogens is 246 g/mol. The van der Waals surface area contributed by atoms with E-state index in [2.05, 4.69) is 0 Å².